The molecule has 0 amide bonds. The van der Waals surface area contributed by atoms with Gasteiger partial charge in [0.25, 0.3) is 0 Å². The molecular weight excluding hydrogens is 380 g/mol. The van der Waals surface area contributed by atoms with Crippen molar-refractivity contribution in [2.75, 3.05) is 27.3 Å². The monoisotopic (exact) mass is 410 g/mol. The predicted octanol–water partition coefficient (Wildman–Crippen LogP) is 4.19. The summed E-state index contributed by atoms with van der Waals surface area (Å²) in [5, 5.41) is 22.5. The summed E-state index contributed by atoms with van der Waals surface area (Å²) in [6, 6.07) is 13.6. The van der Waals surface area contributed by atoms with E-state index >= 15 is 0 Å². The molecule has 0 aliphatic carbocycles. The van der Waals surface area contributed by atoms with Gasteiger partial charge in [-0.3, -0.25) is 4.90 Å². The van der Waals surface area contributed by atoms with E-state index in [9.17, 15) is 10.2 Å². The number of benzene rings is 2. The summed E-state index contributed by atoms with van der Waals surface area (Å²) in [5.74, 6) is 1.87. The molecule has 2 aromatic carbocycles. The van der Waals surface area contributed by atoms with Crippen molar-refractivity contribution in [3.63, 3.8) is 0 Å². The molecule has 1 aromatic heterocycles. The number of H-pyrrole nitrogens is 1. The molecule has 2 heterocycles. The number of piperidine rings is 1. The van der Waals surface area contributed by atoms with Crippen molar-refractivity contribution in [1.82, 2.24) is 9.88 Å². The van der Waals surface area contributed by atoms with Gasteiger partial charge in [0.2, 0.25) is 0 Å². The van der Waals surface area contributed by atoms with Gasteiger partial charge in [-0.2, -0.15) is 0 Å². The van der Waals surface area contributed by atoms with Crippen LogP contribution in [0.4, 0.5) is 0 Å². The largest absolute Gasteiger partial charge is 0.494 e. The van der Waals surface area contributed by atoms with Gasteiger partial charge in [-0.15, -0.1) is 0 Å². The van der Waals surface area contributed by atoms with Crippen LogP contribution in [0.25, 0.3) is 10.9 Å². The van der Waals surface area contributed by atoms with Gasteiger partial charge in [0.1, 0.15) is 0 Å². The van der Waals surface area contributed by atoms with Crippen molar-refractivity contribution in [3.05, 3.63) is 53.6 Å². The van der Waals surface area contributed by atoms with E-state index in [2.05, 4.69) is 22.9 Å². The number of aliphatic hydroxyl groups is 1. The Balaban J connectivity index is 1.45. The number of nitrogens with zero attached hydrogens (tertiary/aromatic N) is 1. The maximum atomic E-state index is 11.0. The molecule has 1 aliphatic heterocycles. The number of aromatic hydroxyl groups is 1. The zero-order chi connectivity index (χ0) is 21.3. The lowest BCUT2D eigenvalue weighted by molar-refractivity contribution is 0.0434. The van der Waals surface area contributed by atoms with Crippen molar-refractivity contribution in [2.45, 2.75) is 37.8 Å². The molecule has 1 saturated heterocycles. The number of ether oxygens (including phenoxy) is 2. The molecule has 3 N–H and O–H groups in total. The summed E-state index contributed by atoms with van der Waals surface area (Å²) in [4.78, 5) is 5.42. The van der Waals surface area contributed by atoms with Gasteiger partial charge < -0.3 is 24.7 Å². The van der Waals surface area contributed by atoms with Crippen LogP contribution < -0.4 is 9.47 Å². The van der Waals surface area contributed by atoms with Gasteiger partial charge in [0.05, 0.1) is 20.3 Å². The minimum Gasteiger partial charge on any atom is -0.494 e. The van der Waals surface area contributed by atoms with Crippen LogP contribution in [0.5, 0.6) is 17.4 Å². The zero-order valence-corrected chi connectivity index (χ0v) is 17.8. The van der Waals surface area contributed by atoms with E-state index in [-0.39, 0.29) is 11.9 Å². The number of methoxy groups -OCH3 is 2. The highest BCUT2D eigenvalue weighted by Gasteiger charge is 2.30. The second-order valence-electron chi connectivity index (χ2n) is 8.04. The average molecular weight is 411 g/mol. The lowest BCUT2D eigenvalue weighted by Crippen LogP contribution is -2.42. The summed E-state index contributed by atoms with van der Waals surface area (Å²) >= 11 is 0. The normalized spacial score (nSPS) is 17.7. The summed E-state index contributed by atoms with van der Waals surface area (Å²) < 4.78 is 10.7. The fourth-order valence-electron chi connectivity index (χ4n) is 4.67. The molecule has 6 nitrogen and oxygen atoms in total. The summed E-state index contributed by atoms with van der Waals surface area (Å²) in [6.07, 6.45) is 1.26. The first-order chi connectivity index (χ1) is 14.5. The molecule has 2 unspecified atom stereocenters. The van der Waals surface area contributed by atoms with Crippen LogP contribution in [-0.2, 0) is 0 Å². The second kappa shape index (κ2) is 8.58. The van der Waals surface area contributed by atoms with E-state index in [1.807, 2.05) is 36.4 Å². The van der Waals surface area contributed by atoms with Gasteiger partial charge in [0.15, 0.2) is 17.4 Å². The van der Waals surface area contributed by atoms with Crippen LogP contribution in [0.1, 0.15) is 42.9 Å². The van der Waals surface area contributed by atoms with Crippen LogP contribution in [-0.4, -0.2) is 53.4 Å². The van der Waals surface area contributed by atoms with Gasteiger partial charge in [0, 0.05) is 22.5 Å². The number of nitrogens with one attached hydrogen (secondary N) is 1. The van der Waals surface area contributed by atoms with Crippen molar-refractivity contribution in [2.24, 2.45) is 0 Å². The van der Waals surface area contributed by atoms with Crippen LogP contribution in [0.3, 0.4) is 0 Å². The number of aromatic amines is 1. The van der Waals surface area contributed by atoms with Crippen LogP contribution in [0.2, 0.25) is 0 Å². The molecular formula is C24H30N2O4. The molecule has 4 rings (SSSR count). The first-order valence-corrected chi connectivity index (χ1v) is 10.5. The highest BCUT2D eigenvalue weighted by Crippen LogP contribution is 2.40. The number of rotatable bonds is 6. The Kier molecular flexibility index (Phi) is 5.88. The first kappa shape index (κ1) is 20.6. The average Bonchev–Trinajstić information content (AvgIpc) is 3.13. The Morgan fingerprint density at radius 2 is 1.73 bits per heavy atom. The molecule has 0 radical (unpaired) electrons. The number of aliphatic hydroxyl groups excluding tert-OH is 1. The maximum absolute atomic E-state index is 11.0. The van der Waals surface area contributed by atoms with Crippen LogP contribution in [0, 0.1) is 0 Å². The quantitative estimate of drug-likeness (QED) is 0.568. The van der Waals surface area contributed by atoms with E-state index in [1.54, 1.807) is 14.2 Å². The van der Waals surface area contributed by atoms with E-state index in [4.69, 9.17) is 9.47 Å². The van der Waals surface area contributed by atoms with E-state index < -0.39 is 6.10 Å². The third-order valence-electron chi connectivity index (χ3n) is 6.45. The van der Waals surface area contributed by atoms with Gasteiger partial charge in [-0.05, 0) is 62.5 Å². The molecule has 0 spiro atoms. The molecule has 2 atom stereocenters. The fourth-order valence-corrected chi connectivity index (χ4v) is 4.67. The Labute approximate surface area is 177 Å². The van der Waals surface area contributed by atoms with Gasteiger partial charge in [-0.25, -0.2) is 0 Å². The molecule has 6 heteroatoms. The standard InChI is InChI=1S/C24H30N2O4/c1-15(23(27)17-8-9-20(29-2)21(14-17)30-3)26-12-10-16(11-13-26)22-18-6-4-5-7-19(18)25-24(22)28/h4-9,14-16,23,25,27-28H,10-13H2,1-3H3. The Morgan fingerprint density at radius 1 is 1.03 bits per heavy atom. The van der Waals surface area contributed by atoms with E-state index in [0.29, 0.717) is 17.4 Å². The molecule has 1 aliphatic rings. The molecule has 0 bridgehead atoms. The number of fused-ring (bicyclic) bond motifs is 1. The van der Waals surface area contributed by atoms with Gasteiger partial charge >= 0.3 is 0 Å². The smallest absolute Gasteiger partial charge is 0.192 e. The highest BCUT2D eigenvalue weighted by atomic mass is 16.5. The minimum absolute atomic E-state index is 0.0272. The number of hydrogen-bond donors (Lipinski definition) is 3. The van der Waals surface area contributed by atoms with Gasteiger partial charge in [-0.1, -0.05) is 24.3 Å². The number of hydrogen-bond acceptors (Lipinski definition) is 5. The van der Waals surface area contributed by atoms with Crippen molar-refractivity contribution in [1.29, 1.82) is 0 Å². The fraction of sp³-hybridized carbons (Fsp3) is 0.417. The second-order valence-corrected chi connectivity index (χ2v) is 8.04. The number of para-hydroxylation sites is 1. The third-order valence-corrected chi connectivity index (χ3v) is 6.45. The van der Waals surface area contributed by atoms with Crippen LogP contribution in [0.15, 0.2) is 42.5 Å². The number of likely N-dealkylation sites (tertiary alicyclic amines) is 1. The lowest BCUT2D eigenvalue weighted by Gasteiger charge is -2.38. The molecule has 160 valence electrons. The molecule has 0 saturated carbocycles. The Bertz CT molecular complexity index is 1010. The topological polar surface area (TPSA) is 78.0 Å². The molecule has 1 fully saturated rings. The summed E-state index contributed by atoms with van der Waals surface area (Å²) in [6.45, 7) is 3.80. The van der Waals surface area contributed by atoms with E-state index in [1.165, 1.54) is 0 Å². The minimum atomic E-state index is -0.622. The van der Waals surface area contributed by atoms with Crippen LogP contribution >= 0.6 is 0 Å². The van der Waals surface area contributed by atoms with Crippen molar-refractivity contribution < 1.29 is 19.7 Å². The van der Waals surface area contributed by atoms with Crippen molar-refractivity contribution >= 4 is 10.9 Å². The first-order valence-electron chi connectivity index (χ1n) is 10.5. The predicted molar refractivity (Wildman–Crippen MR) is 117 cm³/mol. The number of aromatic nitrogens is 1. The van der Waals surface area contributed by atoms with E-state index in [0.717, 1.165) is 48.0 Å². The van der Waals surface area contributed by atoms with Crippen molar-refractivity contribution in [3.8, 4) is 17.4 Å². The highest BCUT2D eigenvalue weighted by molar-refractivity contribution is 5.86. The summed E-state index contributed by atoms with van der Waals surface area (Å²) in [5.41, 5.74) is 2.82. The lowest BCUT2D eigenvalue weighted by atomic mass is 9.87. The maximum Gasteiger partial charge on any atom is 0.192 e. The SMILES string of the molecule is COc1ccc(C(O)C(C)N2CCC(c3c(O)[nH]c4ccccc34)CC2)cc1OC. The zero-order valence-electron chi connectivity index (χ0n) is 17.8. The summed E-state index contributed by atoms with van der Waals surface area (Å²) in [7, 11) is 3.20. The third kappa shape index (κ3) is 3.73. The Morgan fingerprint density at radius 3 is 2.43 bits per heavy atom. The molecule has 3 aromatic rings. The Hall–Kier alpha value is -2.70. The molecule has 30 heavy (non-hydrogen) atoms.